The molecule has 1 aliphatic carbocycles. The SMILES string of the molecule is CN(CCOc1nc(N)nc(-n2cccn2)n1)C1CC1. The highest BCUT2D eigenvalue weighted by Crippen LogP contribution is 2.24. The molecule has 20 heavy (non-hydrogen) atoms. The third kappa shape index (κ3) is 3.02. The summed E-state index contributed by atoms with van der Waals surface area (Å²) in [5, 5.41) is 4.05. The molecule has 0 radical (unpaired) electrons. The minimum absolute atomic E-state index is 0.121. The Morgan fingerprint density at radius 3 is 2.95 bits per heavy atom. The summed E-state index contributed by atoms with van der Waals surface area (Å²) in [6, 6.07) is 2.72. The molecular formula is C12H17N7O. The zero-order valence-electron chi connectivity index (χ0n) is 11.3. The first kappa shape index (κ1) is 12.8. The first-order valence-electron chi connectivity index (χ1n) is 6.57. The first-order valence-corrected chi connectivity index (χ1v) is 6.57. The second-order valence-electron chi connectivity index (χ2n) is 4.79. The van der Waals surface area contributed by atoms with Crippen molar-refractivity contribution in [1.82, 2.24) is 29.6 Å². The van der Waals surface area contributed by atoms with E-state index in [9.17, 15) is 0 Å². The molecule has 3 rings (SSSR count). The quantitative estimate of drug-likeness (QED) is 0.799. The van der Waals surface area contributed by atoms with Crippen LogP contribution >= 0.6 is 0 Å². The molecule has 0 saturated heterocycles. The predicted molar refractivity (Wildman–Crippen MR) is 72.5 cm³/mol. The van der Waals surface area contributed by atoms with Crippen LogP contribution in [0.25, 0.3) is 5.95 Å². The second kappa shape index (κ2) is 5.41. The lowest BCUT2D eigenvalue weighted by molar-refractivity contribution is 0.220. The number of nitrogens with zero attached hydrogens (tertiary/aromatic N) is 6. The van der Waals surface area contributed by atoms with Gasteiger partial charge in [-0.2, -0.15) is 20.1 Å². The Bertz CT molecular complexity index is 567. The van der Waals surface area contributed by atoms with Gasteiger partial charge in [0.2, 0.25) is 5.95 Å². The van der Waals surface area contributed by atoms with Crippen LogP contribution in [0.5, 0.6) is 6.01 Å². The molecule has 0 amide bonds. The van der Waals surface area contributed by atoms with Gasteiger partial charge in [-0.15, -0.1) is 0 Å². The van der Waals surface area contributed by atoms with Gasteiger partial charge in [0.25, 0.3) is 5.95 Å². The van der Waals surface area contributed by atoms with Crippen molar-refractivity contribution in [2.75, 3.05) is 25.9 Å². The summed E-state index contributed by atoms with van der Waals surface area (Å²) in [6.07, 6.45) is 5.93. The summed E-state index contributed by atoms with van der Waals surface area (Å²) in [5.74, 6) is 0.476. The van der Waals surface area contributed by atoms with E-state index in [0.717, 1.165) is 6.54 Å². The lowest BCUT2D eigenvalue weighted by atomic mass is 10.5. The van der Waals surface area contributed by atoms with E-state index in [2.05, 4.69) is 32.0 Å². The van der Waals surface area contributed by atoms with Crippen LogP contribution in [0, 0.1) is 0 Å². The van der Waals surface area contributed by atoms with Gasteiger partial charge in [-0.05, 0) is 26.0 Å². The lowest BCUT2D eigenvalue weighted by Crippen LogP contribution is -2.26. The van der Waals surface area contributed by atoms with Gasteiger partial charge in [-0.3, -0.25) is 0 Å². The normalized spacial score (nSPS) is 14.7. The molecule has 0 unspecified atom stereocenters. The summed E-state index contributed by atoms with van der Waals surface area (Å²) in [4.78, 5) is 14.5. The van der Waals surface area contributed by atoms with Crippen LogP contribution in [0.15, 0.2) is 18.5 Å². The van der Waals surface area contributed by atoms with Gasteiger partial charge >= 0.3 is 6.01 Å². The van der Waals surface area contributed by atoms with Crippen molar-refractivity contribution in [2.45, 2.75) is 18.9 Å². The zero-order chi connectivity index (χ0) is 13.9. The maximum Gasteiger partial charge on any atom is 0.323 e. The Balaban J connectivity index is 1.63. The minimum Gasteiger partial charge on any atom is -0.462 e. The van der Waals surface area contributed by atoms with Crippen molar-refractivity contribution in [3.63, 3.8) is 0 Å². The molecule has 0 aromatic carbocycles. The van der Waals surface area contributed by atoms with Gasteiger partial charge in [0, 0.05) is 25.0 Å². The number of nitrogen functional groups attached to an aromatic ring is 1. The van der Waals surface area contributed by atoms with Crippen LogP contribution in [-0.4, -0.2) is 55.9 Å². The summed E-state index contributed by atoms with van der Waals surface area (Å²) in [5.41, 5.74) is 5.66. The summed E-state index contributed by atoms with van der Waals surface area (Å²) < 4.78 is 7.06. The Kier molecular flexibility index (Phi) is 3.46. The number of rotatable bonds is 6. The molecule has 2 aromatic heterocycles. The summed E-state index contributed by atoms with van der Waals surface area (Å²) in [7, 11) is 2.10. The molecule has 1 aliphatic rings. The number of hydrogen-bond acceptors (Lipinski definition) is 7. The summed E-state index contributed by atoms with van der Waals surface area (Å²) in [6.45, 7) is 1.36. The number of nitrogens with two attached hydrogens (primary N) is 1. The largest absolute Gasteiger partial charge is 0.462 e. The van der Waals surface area contributed by atoms with E-state index in [4.69, 9.17) is 10.5 Å². The zero-order valence-corrected chi connectivity index (χ0v) is 11.3. The first-order chi connectivity index (χ1) is 9.72. The number of anilines is 1. The van der Waals surface area contributed by atoms with Gasteiger partial charge < -0.3 is 15.4 Å². The molecule has 2 aromatic rings. The molecule has 106 valence electrons. The fourth-order valence-electron chi connectivity index (χ4n) is 1.89. The van der Waals surface area contributed by atoms with Crippen LogP contribution in [0.4, 0.5) is 5.95 Å². The van der Waals surface area contributed by atoms with Gasteiger partial charge in [0.15, 0.2) is 0 Å². The highest BCUT2D eigenvalue weighted by Gasteiger charge is 2.25. The summed E-state index contributed by atoms with van der Waals surface area (Å²) >= 11 is 0. The van der Waals surface area contributed by atoms with Gasteiger partial charge in [0.1, 0.15) is 6.61 Å². The van der Waals surface area contributed by atoms with E-state index in [0.29, 0.717) is 18.6 Å². The Morgan fingerprint density at radius 2 is 2.25 bits per heavy atom. The maximum absolute atomic E-state index is 5.66. The van der Waals surface area contributed by atoms with Crippen LogP contribution < -0.4 is 10.5 Å². The topological polar surface area (TPSA) is 95.0 Å². The predicted octanol–water partition coefficient (Wildman–Crippen LogP) is 0.112. The highest BCUT2D eigenvalue weighted by molar-refractivity contribution is 5.24. The van der Waals surface area contributed by atoms with Gasteiger partial charge in [-0.25, -0.2) is 4.68 Å². The van der Waals surface area contributed by atoms with E-state index in [1.54, 1.807) is 18.5 Å². The molecule has 0 spiro atoms. The molecule has 0 aliphatic heterocycles. The van der Waals surface area contributed by atoms with Gasteiger partial charge in [-0.1, -0.05) is 0 Å². The molecule has 1 saturated carbocycles. The smallest absolute Gasteiger partial charge is 0.323 e. The number of aromatic nitrogens is 5. The third-order valence-corrected chi connectivity index (χ3v) is 3.18. The third-order valence-electron chi connectivity index (χ3n) is 3.18. The fourth-order valence-corrected chi connectivity index (χ4v) is 1.89. The number of likely N-dealkylation sites (N-methyl/N-ethyl adjacent to an activating group) is 1. The van der Waals surface area contributed by atoms with Crippen LogP contribution in [0.1, 0.15) is 12.8 Å². The number of ether oxygens (including phenoxy) is 1. The molecule has 8 nitrogen and oxygen atoms in total. The molecule has 0 atom stereocenters. The van der Waals surface area contributed by atoms with Crippen molar-refractivity contribution < 1.29 is 4.74 Å². The average molecular weight is 275 g/mol. The van der Waals surface area contributed by atoms with Crippen LogP contribution in [0.3, 0.4) is 0 Å². The van der Waals surface area contributed by atoms with Crippen molar-refractivity contribution in [1.29, 1.82) is 0 Å². The van der Waals surface area contributed by atoms with E-state index >= 15 is 0 Å². The molecule has 2 heterocycles. The Labute approximate surface area is 116 Å². The van der Waals surface area contributed by atoms with E-state index in [1.165, 1.54) is 17.5 Å². The Morgan fingerprint density at radius 1 is 1.40 bits per heavy atom. The molecular weight excluding hydrogens is 258 g/mol. The van der Waals surface area contributed by atoms with Crippen molar-refractivity contribution in [3.05, 3.63) is 18.5 Å². The van der Waals surface area contributed by atoms with E-state index in [-0.39, 0.29) is 12.0 Å². The molecule has 1 fully saturated rings. The van der Waals surface area contributed by atoms with E-state index < -0.39 is 0 Å². The van der Waals surface area contributed by atoms with Gasteiger partial charge in [0.05, 0.1) is 0 Å². The van der Waals surface area contributed by atoms with Crippen LogP contribution in [-0.2, 0) is 0 Å². The van der Waals surface area contributed by atoms with Crippen molar-refractivity contribution in [2.24, 2.45) is 0 Å². The van der Waals surface area contributed by atoms with Crippen molar-refractivity contribution >= 4 is 5.95 Å². The highest BCUT2D eigenvalue weighted by atomic mass is 16.5. The standard InChI is InChI=1S/C12H17N7O/c1-18(9-3-4-9)7-8-20-12-16-10(13)15-11(17-12)19-6-2-5-14-19/h2,5-6,9H,3-4,7-8H2,1H3,(H2,13,15,16,17). The maximum atomic E-state index is 5.66. The van der Waals surface area contributed by atoms with Crippen molar-refractivity contribution in [3.8, 4) is 12.0 Å². The molecule has 8 heteroatoms. The molecule has 0 bridgehead atoms. The fraction of sp³-hybridized carbons (Fsp3) is 0.500. The molecule has 2 N–H and O–H groups in total. The average Bonchev–Trinajstić information content (AvgIpc) is 3.13. The van der Waals surface area contributed by atoms with Crippen LogP contribution in [0.2, 0.25) is 0 Å². The monoisotopic (exact) mass is 275 g/mol. The number of hydrogen-bond donors (Lipinski definition) is 1. The minimum atomic E-state index is 0.121. The lowest BCUT2D eigenvalue weighted by Gasteiger charge is -2.15. The van der Waals surface area contributed by atoms with E-state index in [1.807, 2.05) is 0 Å². The Hall–Kier alpha value is -2.22. The second-order valence-corrected chi connectivity index (χ2v) is 4.79.